The molecule has 2 rings (SSSR count). The molecule has 1 saturated heterocycles. The third-order valence-corrected chi connectivity index (χ3v) is 4.23. The van der Waals surface area contributed by atoms with Gasteiger partial charge in [-0.1, -0.05) is 6.92 Å². The van der Waals surface area contributed by atoms with Crippen molar-refractivity contribution in [3.05, 3.63) is 0 Å². The van der Waals surface area contributed by atoms with Gasteiger partial charge in [-0.3, -0.25) is 4.79 Å². The van der Waals surface area contributed by atoms with Gasteiger partial charge in [-0.15, -0.1) is 37.2 Å². The second-order valence-electron chi connectivity index (χ2n) is 6.59. The van der Waals surface area contributed by atoms with Gasteiger partial charge in [-0.2, -0.15) is 0 Å². The predicted octanol–water partition coefficient (Wildman–Crippen LogP) is 1.25. The highest BCUT2D eigenvalue weighted by Crippen LogP contribution is 2.27. The average Bonchev–Trinajstić information content (AvgIpc) is 3.23. The van der Waals surface area contributed by atoms with Crippen LogP contribution in [0.15, 0.2) is 0 Å². The van der Waals surface area contributed by atoms with Crippen LogP contribution in [-0.2, 0) is 4.79 Å². The number of halogens is 3. The molecule has 2 fully saturated rings. The smallest absolute Gasteiger partial charge is 0.233 e. The number of carbonyl (C=O) groups excluding carboxylic acids is 1. The predicted molar refractivity (Wildman–Crippen MR) is 103 cm³/mol. The molecule has 1 heterocycles. The first-order valence-corrected chi connectivity index (χ1v) is 8.02. The molecule has 1 aliphatic carbocycles. The molecule has 5 nitrogen and oxygen atoms in total. The van der Waals surface area contributed by atoms with Gasteiger partial charge in [0.2, 0.25) is 5.91 Å². The Balaban J connectivity index is 0. The second kappa shape index (κ2) is 13.5. The zero-order valence-corrected chi connectivity index (χ0v) is 16.7. The first-order chi connectivity index (χ1) is 9.63. The number of nitrogens with zero attached hydrogens (tertiary/aromatic N) is 2. The van der Waals surface area contributed by atoms with Crippen LogP contribution in [-0.4, -0.2) is 75.1 Å². The van der Waals surface area contributed by atoms with Crippen LogP contribution in [0.3, 0.4) is 0 Å². The Bertz CT molecular complexity index is 311. The summed E-state index contributed by atoms with van der Waals surface area (Å²) in [6.45, 7) is 10.2. The van der Waals surface area contributed by atoms with Crippen molar-refractivity contribution in [3.63, 3.8) is 0 Å². The van der Waals surface area contributed by atoms with E-state index >= 15 is 0 Å². The van der Waals surface area contributed by atoms with Crippen LogP contribution in [0.5, 0.6) is 0 Å². The molecule has 23 heavy (non-hydrogen) atoms. The van der Waals surface area contributed by atoms with Crippen LogP contribution in [0.1, 0.15) is 19.8 Å². The summed E-state index contributed by atoms with van der Waals surface area (Å²) in [7, 11) is 2.18. The summed E-state index contributed by atoms with van der Waals surface area (Å²) >= 11 is 0. The van der Waals surface area contributed by atoms with Crippen molar-refractivity contribution < 1.29 is 4.79 Å². The van der Waals surface area contributed by atoms with E-state index in [0.29, 0.717) is 12.5 Å². The Hall–Kier alpha value is 0.220. The van der Waals surface area contributed by atoms with Crippen LogP contribution in [0, 0.1) is 11.8 Å². The molecule has 1 atom stereocenters. The van der Waals surface area contributed by atoms with Gasteiger partial charge in [0.05, 0.1) is 6.54 Å². The molecule has 0 radical (unpaired) electrons. The maximum absolute atomic E-state index is 11.7. The van der Waals surface area contributed by atoms with E-state index in [2.05, 4.69) is 34.4 Å². The third-order valence-electron chi connectivity index (χ3n) is 4.23. The highest BCUT2D eigenvalue weighted by atomic mass is 35.5. The van der Waals surface area contributed by atoms with E-state index in [1.54, 1.807) is 0 Å². The lowest BCUT2D eigenvalue weighted by Gasteiger charge is -2.33. The van der Waals surface area contributed by atoms with Gasteiger partial charge in [0.15, 0.2) is 0 Å². The molecular weight excluding hydrogens is 359 g/mol. The summed E-state index contributed by atoms with van der Waals surface area (Å²) in [5.74, 6) is 1.49. The van der Waals surface area contributed by atoms with E-state index in [4.69, 9.17) is 0 Å². The summed E-state index contributed by atoms with van der Waals surface area (Å²) in [5.41, 5.74) is 0. The molecule has 0 aromatic carbocycles. The fourth-order valence-electron chi connectivity index (χ4n) is 2.60. The largest absolute Gasteiger partial charge is 0.355 e. The Labute approximate surface area is 159 Å². The van der Waals surface area contributed by atoms with Crippen LogP contribution in [0.4, 0.5) is 0 Å². The molecule has 2 aliphatic rings. The minimum absolute atomic E-state index is 0. The normalized spacial score (nSPS) is 19.7. The minimum atomic E-state index is 0. The number of nitrogens with one attached hydrogen (secondary N) is 2. The quantitative estimate of drug-likeness (QED) is 0.654. The molecular formula is C15H33Cl3N4O. The summed E-state index contributed by atoms with van der Waals surface area (Å²) in [6.07, 6.45) is 2.66. The van der Waals surface area contributed by atoms with Gasteiger partial charge < -0.3 is 20.4 Å². The fourth-order valence-corrected chi connectivity index (χ4v) is 2.60. The number of hydrogen-bond donors (Lipinski definition) is 2. The van der Waals surface area contributed by atoms with Gasteiger partial charge in [-0.25, -0.2) is 0 Å². The highest BCUT2D eigenvalue weighted by molar-refractivity contribution is 5.86. The summed E-state index contributed by atoms with van der Waals surface area (Å²) in [4.78, 5) is 16.6. The lowest BCUT2D eigenvalue weighted by atomic mass is 10.1. The van der Waals surface area contributed by atoms with E-state index in [1.165, 1.54) is 12.8 Å². The number of likely N-dealkylation sites (N-methyl/N-ethyl adjacent to an activating group) is 1. The molecule has 0 bridgehead atoms. The molecule has 0 aromatic heterocycles. The zero-order valence-electron chi connectivity index (χ0n) is 14.3. The molecule has 0 aromatic rings. The number of amides is 1. The average molecular weight is 392 g/mol. The zero-order chi connectivity index (χ0) is 14.4. The summed E-state index contributed by atoms with van der Waals surface area (Å²) in [5, 5.41) is 6.27. The molecule has 2 N–H and O–H groups in total. The lowest BCUT2D eigenvalue weighted by Crippen LogP contribution is -2.47. The van der Waals surface area contributed by atoms with Gasteiger partial charge in [0, 0.05) is 39.3 Å². The number of rotatable bonds is 8. The molecule has 0 spiro atoms. The van der Waals surface area contributed by atoms with Crippen molar-refractivity contribution in [1.82, 2.24) is 20.4 Å². The van der Waals surface area contributed by atoms with Gasteiger partial charge >= 0.3 is 0 Å². The van der Waals surface area contributed by atoms with Gasteiger partial charge in [0.25, 0.3) is 0 Å². The van der Waals surface area contributed by atoms with E-state index in [0.717, 1.165) is 51.7 Å². The minimum Gasteiger partial charge on any atom is -0.355 e. The maximum Gasteiger partial charge on any atom is 0.233 e. The molecule has 1 amide bonds. The Morgan fingerprint density at radius 3 is 2.30 bits per heavy atom. The summed E-state index contributed by atoms with van der Waals surface area (Å²) in [6, 6.07) is 0. The lowest BCUT2D eigenvalue weighted by molar-refractivity contribution is -0.120. The first-order valence-electron chi connectivity index (χ1n) is 8.02. The van der Waals surface area contributed by atoms with E-state index in [1.807, 2.05) is 0 Å². The fraction of sp³-hybridized carbons (Fsp3) is 0.933. The van der Waals surface area contributed by atoms with Gasteiger partial charge in [-0.05, 0) is 38.3 Å². The Morgan fingerprint density at radius 2 is 1.74 bits per heavy atom. The summed E-state index contributed by atoms with van der Waals surface area (Å²) < 4.78 is 0. The van der Waals surface area contributed by atoms with E-state index < -0.39 is 0 Å². The monoisotopic (exact) mass is 390 g/mol. The number of carbonyl (C=O) groups is 1. The van der Waals surface area contributed by atoms with E-state index in [9.17, 15) is 4.79 Å². The molecule has 1 saturated carbocycles. The van der Waals surface area contributed by atoms with Crippen molar-refractivity contribution in [2.24, 2.45) is 11.8 Å². The second-order valence-corrected chi connectivity index (χ2v) is 6.59. The topological polar surface area (TPSA) is 47.6 Å². The Kier molecular flexibility index (Phi) is 14.9. The van der Waals surface area contributed by atoms with Crippen LogP contribution < -0.4 is 10.6 Å². The highest BCUT2D eigenvalue weighted by Gasteiger charge is 2.20. The maximum atomic E-state index is 11.7. The molecule has 1 unspecified atom stereocenters. The van der Waals surface area contributed by atoms with Crippen LogP contribution in [0.2, 0.25) is 0 Å². The van der Waals surface area contributed by atoms with Crippen molar-refractivity contribution in [1.29, 1.82) is 0 Å². The number of piperazine rings is 1. The van der Waals surface area contributed by atoms with Crippen LogP contribution in [0.25, 0.3) is 0 Å². The molecule has 1 aliphatic heterocycles. The van der Waals surface area contributed by atoms with Crippen LogP contribution >= 0.6 is 37.2 Å². The first kappa shape index (κ1) is 25.5. The molecule has 8 heteroatoms. The van der Waals surface area contributed by atoms with Crippen molar-refractivity contribution in [2.45, 2.75) is 19.8 Å². The molecule has 140 valence electrons. The van der Waals surface area contributed by atoms with Crippen molar-refractivity contribution in [3.8, 4) is 0 Å². The SMILES string of the molecule is CC(CNC(=O)CNCC1CC1)CN1CCN(C)CC1.Cl.Cl.Cl. The Morgan fingerprint density at radius 1 is 1.13 bits per heavy atom. The van der Waals surface area contributed by atoms with Crippen molar-refractivity contribution in [2.75, 3.05) is 59.4 Å². The van der Waals surface area contributed by atoms with Gasteiger partial charge in [0.1, 0.15) is 0 Å². The van der Waals surface area contributed by atoms with Crippen molar-refractivity contribution >= 4 is 43.1 Å². The van der Waals surface area contributed by atoms with E-state index in [-0.39, 0.29) is 43.1 Å². The number of hydrogen-bond acceptors (Lipinski definition) is 4. The third kappa shape index (κ3) is 11.4. The standard InChI is InChI=1S/C15H30N4O.3ClH/c1-13(12-19-7-5-18(2)6-8-19)9-17-15(20)11-16-10-14-3-4-14;;;/h13-14,16H,3-12H2,1-2H3,(H,17,20);3*1H.